The predicted molar refractivity (Wildman–Crippen MR) is 143 cm³/mol. The Morgan fingerprint density at radius 1 is 1.09 bits per heavy atom. The number of carbonyl (C=O) groups is 1. The molecular weight excluding hydrogens is 452 g/mol. The van der Waals surface area contributed by atoms with Crippen LogP contribution in [0.15, 0.2) is 53.4 Å². The fourth-order valence-corrected chi connectivity index (χ4v) is 6.90. The van der Waals surface area contributed by atoms with Gasteiger partial charge in [0, 0.05) is 17.0 Å². The van der Waals surface area contributed by atoms with E-state index < -0.39 is 0 Å². The first-order chi connectivity index (χ1) is 16.9. The Kier molecular flexibility index (Phi) is 6.59. The van der Waals surface area contributed by atoms with Crippen LogP contribution in [-0.4, -0.2) is 54.8 Å². The molecule has 5 nitrogen and oxygen atoms in total. The molecule has 1 heterocycles. The topological polar surface area (TPSA) is 50.6 Å². The Morgan fingerprint density at radius 2 is 1.80 bits per heavy atom. The number of urea groups is 1. The van der Waals surface area contributed by atoms with Crippen molar-refractivity contribution in [1.29, 1.82) is 5.26 Å². The Bertz CT molecular complexity index is 1110. The van der Waals surface area contributed by atoms with Crippen molar-refractivity contribution in [3.05, 3.63) is 59.7 Å². The third kappa shape index (κ3) is 4.13. The van der Waals surface area contributed by atoms with Crippen molar-refractivity contribution in [2.24, 2.45) is 5.92 Å². The van der Waals surface area contributed by atoms with E-state index in [2.05, 4.69) is 60.3 Å². The summed E-state index contributed by atoms with van der Waals surface area (Å²) in [5, 5.41) is 9.88. The molecule has 0 radical (unpaired) electrons. The molecule has 1 aliphatic heterocycles. The van der Waals surface area contributed by atoms with Gasteiger partial charge < -0.3 is 4.90 Å². The van der Waals surface area contributed by atoms with Gasteiger partial charge in [0.05, 0.1) is 23.3 Å². The summed E-state index contributed by atoms with van der Waals surface area (Å²) in [6.45, 7) is 1.52. The smallest absolute Gasteiger partial charge is 0.317 e. The van der Waals surface area contributed by atoms with Crippen LogP contribution in [0.5, 0.6) is 0 Å². The minimum Gasteiger partial charge on any atom is -0.317 e. The molecule has 1 saturated heterocycles. The second kappa shape index (κ2) is 9.52. The highest BCUT2D eigenvalue weighted by Gasteiger charge is 2.55. The first kappa shape index (κ1) is 24.2. The van der Waals surface area contributed by atoms with Crippen molar-refractivity contribution >= 4 is 23.5 Å². The average molecular weight is 489 g/mol. The largest absolute Gasteiger partial charge is 0.325 e. The second-order valence-corrected chi connectivity index (χ2v) is 11.7. The van der Waals surface area contributed by atoms with Gasteiger partial charge in [-0.25, -0.2) is 4.79 Å². The molecule has 2 saturated carbocycles. The summed E-state index contributed by atoms with van der Waals surface area (Å²) < 4.78 is 0. The van der Waals surface area contributed by atoms with Crippen LogP contribution in [0.4, 0.5) is 10.5 Å². The van der Waals surface area contributed by atoms with Crippen LogP contribution in [0.1, 0.15) is 56.1 Å². The lowest BCUT2D eigenvalue weighted by Gasteiger charge is -2.51. The number of amides is 2. The molecule has 1 spiro atoms. The van der Waals surface area contributed by atoms with E-state index in [0.717, 1.165) is 42.8 Å². The number of hydrogen-bond donors (Lipinski definition) is 0. The minimum atomic E-state index is -0.175. The van der Waals surface area contributed by atoms with Crippen LogP contribution >= 0.6 is 11.8 Å². The van der Waals surface area contributed by atoms with E-state index in [9.17, 15) is 10.1 Å². The standard InChI is InChI=1S/C29H36N4OS/c1-31(2)29(24-10-5-4-6-11-24)16-14-28(15-17-29)21-32(27(34)33(28)20-22-8-7-9-22)26-13-12-25(35-3)18-23(26)19-30/h4-6,10-13,18,22H,7-9,14-17,20-21H2,1-3H3/t28-,29+. The molecule has 0 N–H and O–H groups in total. The van der Waals surface area contributed by atoms with Gasteiger partial charge in [-0.3, -0.25) is 9.80 Å². The van der Waals surface area contributed by atoms with Crippen LogP contribution in [-0.2, 0) is 5.54 Å². The number of nitriles is 1. The lowest BCUT2D eigenvalue weighted by molar-refractivity contribution is 0.0172. The maximum Gasteiger partial charge on any atom is 0.325 e. The first-order valence-electron chi connectivity index (χ1n) is 12.8. The molecule has 35 heavy (non-hydrogen) atoms. The zero-order valence-electron chi connectivity index (χ0n) is 21.2. The highest BCUT2D eigenvalue weighted by Crippen LogP contribution is 2.50. The molecule has 3 fully saturated rings. The third-order valence-corrected chi connectivity index (χ3v) is 9.67. The molecule has 2 aliphatic carbocycles. The quantitative estimate of drug-likeness (QED) is 0.462. The summed E-state index contributed by atoms with van der Waals surface area (Å²) in [5.41, 5.74) is 2.53. The fraction of sp³-hybridized carbons (Fsp3) is 0.517. The van der Waals surface area contributed by atoms with Gasteiger partial charge in [0.1, 0.15) is 6.07 Å². The molecule has 0 bridgehead atoms. The van der Waals surface area contributed by atoms with Gasteiger partial charge in [0.2, 0.25) is 0 Å². The molecule has 2 aromatic rings. The zero-order chi connectivity index (χ0) is 24.6. The summed E-state index contributed by atoms with van der Waals surface area (Å²) in [6, 6.07) is 19.2. The van der Waals surface area contributed by atoms with Crippen molar-refractivity contribution in [2.75, 3.05) is 38.3 Å². The zero-order valence-corrected chi connectivity index (χ0v) is 22.0. The van der Waals surface area contributed by atoms with Crippen molar-refractivity contribution in [3.63, 3.8) is 0 Å². The maximum absolute atomic E-state index is 14.0. The summed E-state index contributed by atoms with van der Waals surface area (Å²) in [7, 11) is 4.38. The van der Waals surface area contributed by atoms with E-state index >= 15 is 0 Å². The Balaban J connectivity index is 1.48. The Hall–Kier alpha value is -2.49. The van der Waals surface area contributed by atoms with Gasteiger partial charge in [0.15, 0.2) is 0 Å². The lowest BCUT2D eigenvalue weighted by atomic mass is 9.68. The SMILES string of the molecule is CSc1ccc(N2C[C@]3(CC[C@](c4ccccc4)(N(C)C)CC3)N(CC3CCC3)C2=O)c(C#N)c1. The molecule has 0 atom stereocenters. The van der Waals surface area contributed by atoms with Crippen LogP contribution in [0.2, 0.25) is 0 Å². The van der Waals surface area contributed by atoms with Gasteiger partial charge in [-0.15, -0.1) is 11.8 Å². The highest BCUT2D eigenvalue weighted by atomic mass is 32.2. The Morgan fingerprint density at radius 3 is 2.37 bits per heavy atom. The molecule has 5 rings (SSSR count). The van der Waals surface area contributed by atoms with Crippen LogP contribution in [0.25, 0.3) is 0 Å². The number of benzene rings is 2. The molecule has 3 aliphatic rings. The number of nitrogens with zero attached hydrogens (tertiary/aromatic N) is 4. The number of thioether (sulfide) groups is 1. The lowest BCUT2D eigenvalue weighted by Crippen LogP contribution is -2.56. The summed E-state index contributed by atoms with van der Waals surface area (Å²) in [4.78, 5) is 21.5. The van der Waals surface area contributed by atoms with E-state index in [4.69, 9.17) is 0 Å². The normalized spacial score (nSPS) is 26.9. The van der Waals surface area contributed by atoms with E-state index in [1.807, 2.05) is 29.4 Å². The summed E-state index contributed by atoms with van der Waals surface area (Å²) in [5.74, 6) is 0.611. The molecular formula is C29H36N4OS. The monoisotopic (exact) mass is 488 g/mol. The first-order valence-corrected chi connectivity index (χ1v) is 14.1. The highest BCUT2D eigenvalue weighted by molar-refractivity contribution is 7.98. The van der Waals surface area contributed by atoms with E-state index in [-0.39, 0.29) is 17.1 Å². The molecule has 0 aromatic heterocycles. The molecule has 2 aromatic carbocycles. The van der Waals surface area contributed by atoms with Crippen molar-refractivity contribution in [2.45, 2.75) is 60.9 Å². The van der Waals surface area contributed by atoms with Crippen molar-refractivity contribution in [1.82, 2.24) is 9.80 Å². The predicted octanol–water partition coefficient (Wildman–Crippen LogP) is 6.09. The van der Waals surface area contributed by atoms with Crippen molar-refractivity contribution in [3.8, 4) is 6.07 Å². The molecule has 6 heteroatoms. The molecule has 184 valence electrons. The van der Waals surface area contributed by atoms with Crippen LogP contribution < -0.4 is 4.90 Å². The number of hydrogen-bond acceptors (Lipinski definition) is 4. The van der Waals surface area contributed by atoms with Gasteiger partial charge >= 0.3 is 6.03 Å². The van der Waals surface area contributed by atoms with E-state index in [1.165, 1.54) is 24.8 Å². The number of anilines is 1. The van der Waals surface area contributed by atoms with Gasteiger partial charge in [-0.05, 0) is 88.6 Å². The van der Waals surface area contributed by atoms with E-state index in [0.29, 0.717) is 18.0 Å². The minimum absolute atomic E-state index is 0.0110. The number of carbonyl (C=O) groups excluding carboxylic acids is 1. The van der Waals surface area contributed by atoms with Crippen LogP contribution in [0.3, 0.4) is 0 Å². The molecule has 2 amide bonds. The third-order valence-electron chi connectivity index (χ3n) is 8.94. The second-order valence-electron chi connectivity index (χ2n) is 10.8. The fourth-order valence-electron chi connectivity index (χ4n) is 6.46. The van der Waals surface area contributed by atoms with Crippen molar-refractivity contribution < 1.29 is 4.79 Å². The van der Waals surface area contributed by atoms with Gasteiger partial charge in [0.25, 0.3) is 0 Å². The van der Waals surface area contributed by atoms with Gasteiger partial charge in [-0.1, -0.05) is 36.8 Å². The van der Waals surface area contributed by atoms with Gasteiger partial charge in [-0.2, -0.15) is 5.26 Å². The van der Waals surface area contributed by atoms with E-state index in [1.54, 1.807) is 11.8 Å². The molecule has 0 unspecified atom stereocenters. The average Bonchev–Trinajstić information content (AvgIpc) is 3.12. The maximum atomic E-state index is 14.0. The van der Waals surface area contributed by atoms with Crippen LogP contribution in [0, 0.1) is 17.2 Å². The number of rotatable bonds is 6. The summed E-state index contributed by atoms with van der Waals surface area (Å²) in [6.07, 6.45) is 9.70. The Labute approximate surface area is 214 Å². The summed E-state index contributed by atoms with van der Waals surface area (Å²) >= 11 is 1.62.